The van der Waals surface area contributed by atoms with Gasteiger partial charge in [0.1, 0.15) is 23.7 Å². The lowest BCUT2D eigenvalue weighted by Crippen LogP contribution is -2.34. The van der Waals surface area contributed by atoms with Gasteiger partial charge in [-0.3, -0.25) is 19.0 Å². The molecule has 12 heteroatoms. The van der Waals surface area contributed by atoms with Crippen LogP contribution in [-0.2, 0) is 4.79 Å². The summed E-state index contributed by atoms with van der Waals surface area (Å²) in [5.41, 5.74) is 4.09. The molecule has 5 rings (SSSR count). The second-order valence-corrected chi connectivity index (χ2v) is 8.39. The van der Waals surface area contributed by atoms with E-state index < -0.39 is 46.9 Å². The van der Waals surface area contributed by atoms with Gasteiger partial charge in [0, 0.05) is 31.4 Å². The highest BCUT2D eigenvalue weighted by molar-refractivity contribution is 5.98. The second-order valence-electron chi connectivity index (χ2n) is 8.39. The molecule has 3 atom stereocenters. The first kappa shape index (κ1) is 21.9. The number of amides is 1. The summed E-state index contributed by atoms with van der Waals surface area (Å²) in [4.78, 5) is 42.3. The van der Waals surface area contributed by atoms with Crippen molar-refractivity contribution in [3.8, 4) is 5.69 Å². The molecule has 3 heterocycles. The van der Waals surface area contributed by atoms with Crippen molar-refractivity contribution >= 4 is 28.7 Å². The normalized spacial score (nSPS) is 20.9. The molecule has 1 amide bonds. The Hall–Kier alpha value is -3.93. The van der Waals surface area contributed by atoms with Gasteiger partial charge in [-0.05, 0) is 30.0 Å². The zero-order chi connectivity index (χ0) is 24.3. The predicted octanol–water partition coefficient (Wildman–Crippen LogP) is 1.01. The van der Waals surface area contributed by atoms with E-state index >= 15 is 4.39 Å². The largest absolute Gasteiger partial charge is 0.480 e. The van der Waals surface area contributed by atoms with E-state index in [1.165, 1.54) is 0 Å². The lowest BCUT2D eigenvalue weighted by atomic mass is 10.1. The van der Waals surface area contributed by atoms with Crippen LogP contribution in [-0.4, -0.2) is 52.2 Å². The zero-order valence-corrected chi connectivity index (χ0v) is 17.5. The molecular weight excluding hydrogens is 455 g/mol. The molecule has 1 saturated carbocycles. The summed E-state index contributed by atoms with van der Waals surface area (Å²) in [6.07, 6.45) is 0.976. The van der Waals surface area contributed by atoms with Crippen molar-refractivity contribution in [3.05, 3.63) is 63.7 Å². The smallest absolute Gasteiger partial charge is 0.322 e. The highest BCUT2D eigenvalue weighted by Crippen LogP contribution is 2.45. The summed E-state index contributed by atoms with van der Waals surface area (Å²) in [5.74, 6) is -4.69. The van der Waals surface area contributed by atoms with Crippen LogP contribution in [0.3, 0.4) is 0 Å². The van der Waals surface area contributed by atoms with Crippen LogP contribution in [0.4, 0.5) is 19.0 Å². The van der Waals surface area contributed by atoms with Crippen molar-refractivity contribution in [2.24, 2.45) is 17.6 Å². The Morgan fingerprint density at radius 3 is 2.50 bits per heavy atom. The molecule has 2 aromatic heterocycles. The fourth-order valence-corrected chi connectivity index (χ4v) is 4.45. The predicted molar refractivity (Wildman–Crippen MR) is 114 cm³/mol. The van der Waals surface area contributed by atoms with E-state index in [0.717, 1.165) is 29.0 Å². The first-order valence-electron chi connectivity index (χ1n) is 10.4. The number of nitrogens with one attached hydrogen (secondary N) is 1. The van der Waals surface area contributed by atoms with Gasteiger partial charge in [0.15, 0.2) is 17.3 Å². The molecule has 2 fully saturated rings. The molecule has 1 saturated heterocycles. The van der Waals surface area contributed by atoms with Crippen LogP contribution in [0.25, 0.3) is 16.7 Å². The van der Waals surface area contributed by atoms with Crippen LogP contribution in [0, 0.1) is 29.3 Å². The van der Waals surface area contributed by atoms with Crippen molar-refractivity contribution in [3.63, 3.8) is 0 Å². The summed E-state index contributed by atoms with van der Waals surface area (Å²) in [6, 6.07) is 3.64. The number of fused-ring (bicyclic) bond motifs is 2. The quantitative estimate of drug-likeness (QED) is 0.504. The maximum atomic E-state index is 15.1. The lowest BCUT2D eigenvalue weighted by Gasteiger charge is -2.22. The monoisotopic (exact) mass is 473 g/mol. The van der Waals surface area contributed by atoms with Crippen molar-refractivity contribution in [1.29, 1.82) is 0 Å². The number of hydrogen-bond donors (Lipinski definition) is 3. The number of nitrogens with two attached hydrogens (primary N) is 1. The Balaban J connectivity index is 1.70. The molecular formula is C22H18F3N5O4. The number of halogens is 3. The van der Waals surface area contributed by atoms with E-state index in [0.29, 0.717) is 19.2 Å². The van der Waals surface area contributed by atoms with Crippen molar-refractivity contribution in [2.45, 2.75) is 6.04 Å². The van der Waals surface area contributed by atoms with Crippen LogP contribution in [0.15, 0.2) is 35.3 Å². The minimum absolute atomic E-state index is 0.0503. The third kappa shape index (κ3) is 3.55. The molecule has 2 aliphatic rings. The third-order valence-electron chi connectivity index (χ3n) is 6.29. The van der Waals surface area contributed by atoms with Gasteiger partial charge in [-0.25, -0.2) is 18.2 Å². The molecule has 4 N–H and O–H groups in total. The van der Waals surface area contributed by atoms with Crippen LogP contribution in [0.5, 0.6) is 0 Å². The Labute approximate surface area is 189 Å². The molecule has 34 heavy (non-hydrogen) atoms. The topological polar surface area (TPSA) is 131 Å². The maximum Gasteiger partial charge on any atom is 0.322 e. The van der Waals surface area contributed by atoms with Gasteiger partial charge in [-0.1, -0.05) is 0 Å². The van der Waals surface area contributed by atoms with E-state index in [-0.39, 0.29) is 40.4 Å². The number of carboxylic acids is 1. The Morgan fingerprint density at radius 1 is 1.15 bits per heavy atom. The van der Waals surface area contributed by atoms with Crippen LogP contribution < -0.4 is 21.4 Å². The number of aliphatic carboxylic acids is 1. The number of nitrogens with zero attached hydrogens (tertiary/aromatic N) is 3. The van der Waals surface area contributed by atoms with Crippen LogP contribution in [0.1, 0.15) is 10.4 Å². The Bertz CT molecular complexity index is 1410. The fourth-order valence-electron chi connectivity index (χ4n) is 4.45. The number of piperidine rings is 1. The van der Waals surface area contributed by atoms with Gasteiger partial charge >= 0.3 is 5.97 Å². The number of carbonyl (C=O) groups is 2. The summed E-state index contributed by atoms with van der Waals surface area (Å²) >= 11 is 0. The van der Waals surface area contributed by atoms with E-state index in [9.17, 15) is 23.2 Å². The molecule has 3 aromatic rings. The number of anilines is 1. The third-order valence-corrected chi connectivity index (χ3v) is 6.29. The van der Waals surface area contributed by atoms with E-state index in [4.69, 9.17) is 10.8 Å². The second kappa shape index (κ2) is 7.83. The van der Waals surface area contributed by atoms with Gasteiger partial charge in [-0.15, -0.1) is 0 Å². The van der Waals surface area contributed by atoms with E-state index in [2.05, 4.69) is 10.3 Å². The van der Waals surface area contributed by atoms with Gasteiger partial charge in [-0.2, -0.15) is 0 Å². The number of carbonyl (C=O) groups excluding carboxylic acids is 1. The van der Waals surface area contributed by atoms with Gasteiger partial charge in [0.2, 0.25) is 5.43 Å². The lowest BCUT2D eigenvalue weighted by molar-refractivity contribution is -0.135. The van der Waals surface area contributed by atoms with E-state index in [1.54, 1.807) is 4.90 Å². The average Bonchev–Trinajstić information content (AvgIpc) is 3.17. The van der Waals surface area contributed by atoms with Crippen molar-refractivity contribution in [2.75, 3.05) is 24.5 Å². The first-order chi connectivity index (χ1) is 16.2. The Kier molecular flexibility index (Phi) is 5.04. The molecule has 9 nitrogen and oxygen atoms in total. The number of hydrogen-bond acceptors (Lipinski definition) is 6. The molecule has 0 bridgehead atoms. The molecule has 0 radical (unpaired) electrons. The standard InChI is InChI=1S/C22H18F3N5O4/c23-9-1-2-16(14(24)3-9)30-8-13(22(34)27-5-17(31)32)19(33)10-4-15(25)21(28-20(10)30)29-6-11-12(7-29)18(11)26/h1-4,8,11-12,18H,5-7,26H2,(H,27,34)(H,31,32)/t11-,12+,18?. The molecule has 176 valence electrons. The number of carboxylic acid groups (broad SMARTS) is 1. The Morgan fingerprint density at radius 2 is 1.85 bits per heavy atom. The fraction of sp³-hybridized carbons (Fsp3) is 0.273. The van der Waals surface area contributed by atoms with Crippen molar-refractivity contribution in [1.82, 2.24) is 14.9 Å². The molecule has 0 spiro atoms. The molecule has 1 aliphatic heterocycles. The van der Waals surface area contributed by atoms with Crippen molar-refractivity contribution < 1.29 is 27.9 Å². The van der Waals surface area contributed by atoms with Gasteiger partial charge < -0.3 is 21.1 Å². The summed E-state index contributed by atoms with van der Waals surface area (Å²) in [5, 5.41) is 10.5. The number of rotatable bonds is 5. The SMILES string of the molecule is NC1[C@H]2CN(c3nc4c(cc3F)c(=O)c(C(=O)NCC(=O)O)cn4-c3ccc(F)cc3F)C[C@@H]12. The maximum absolute atomic E-state index is 15.1. The zero-order valence-electron chi connectivity index (χ0n) is 17.5. The number of pyridine rings is 2. The minimum atomic E-state index is -1.35. The average molecular weight is 473 g/mol. The highest BCUT2D eigenvalue weighted by Gasteiger charge is 2.54. The first-order valence-corrected chi connectivity index (χ1v) is 10.4. The summed E-state index contributed by atoms with van der Waals surface area (Å²) in [6.45, 7) is 0.185. The minimum Gasteiger partial charge on any atom is -0.480 e. The highest BCUT2D eigenvalue weighted by atomic mass is 19.1. The van der Waals surface area contributed by atoms with Crippen LogP contribution >= 0.6 is 0 Å². The molecule has 1 unspecified atom stereocenters. The van der Waals surface area contributed by atoms with Crippen LogP contribution in [0.2, 0.25) is 0 Å². The molecule has 1 aliphatic carbocycles. The number of aromatic nitrogens is 2. The van der Waals surface area contributed by atoms with Gasteiger partial charge in [0.05, 0.1) is 11.1 Å². The summed E-state index contributed by atoms with van der Waals surface area (Å²) < 4.78 is 44.3. The van der Waals surface area contributed by atoms with Gasteiger partial charge in [0.25, 0.3) is 5.91 Å². The summed E-state index contributed by atoms with van der Waals surface area (Å²) in [7, 11) is 0. The molecule has 1 aromatic carbocycles. The van der Waals surface area contributed by atoms with E-state index in [1.807, 2.05) is 0 Å². The number of benzene rings is 1.